The summed E-state index contributed by atoms with van der Waals surface area (Å²) in [5.74, 6) is 0. The molecular formula is C10H23NO2. The largest absolute Gasteiger partial charge is 0.396 e. The average molecular weight is 189 g/mol. The van der Waals surface area contributed by atoms with Crippen LogP contribution in [0.2, 0.25) is 0 Å². The third kappa shape index (κ3) is 6.99. The number of hydrogen-bond donors (Lipinski definition) is 1. The Labute approximate surface area is 81.7 Å². The molecule has 0 fully saturated rings. The van der Waals surface area contributed by atoms with Crippen molar-refractivity contribution in [3.63, 3.8) is 0 Å². The van der Waals surface area contributed by atoms with E-state index in [1.807, 2.05) is 0 Å². The maximum absolute atomic E-state index is 9.06. The van der Waals surface area contributed by atoms with E-state index in [2.05, 4.69) is 25.8 Å². The molecule has 0 aromatic carbocycles. The third-order valence-electron chi connectivity index (χ3n) is 2.01. The smallest absolute Gasteiger partial charge is 0.0494 e. The van der Waals surface area contributed by atoms with Crippen LogP contribution < -0.4 is 0 Å². The molecule has 1 N–H and O–H groups in total. The molecule has 0 aliphatic rings. The van der Waals surface area contributed by atoms with E-state index in [-0.39, 0.29) is 12.0 Å². The molecule has 0 aromatic heterocycles. The van der Waals surface area contributed by atoms with Gasteiger partial charge in [0.05, 0.1) is 0 Å². The standard InChI is InChI=1S/C10H23NO2/c1-10(2,9-12)8-11(3)6-5-7-13-4/h12H,5-9H2,1-4H3. The zero-order valence-corrected chi connectivity index (χ0v) is 9.34. The van der Waals surface area contributed by atoms with Crippen LogP contribution in [0.15, 0.2) is 0 Å². The Balaban J connectivity index is 3.55. The van der Waals surface area contributed by atoms with Crippen molar-refractivity contribution in [3.05, 3.63) is 0 Å². The Morgan fingerprint density at radius 1 is 1.38 bits per heavy atom. The molecule has 3 heteroatoms. The molecule has 0 radical (unpaired) electrons. The predicted octanol–water partition coefficient (Wildman–Crippen LogP) is 0.973. The maximum atomic E-state index is 9.06. The topological polar surface area (TPSA) is 32.7 Å². The lowest BCUT2D eigenvalue weighted by atomic mass is 9.94. The molecule has 0 bridgehead atoms. The summed E-state index contributed by atoms with van der Waals surface area (Å²) in [6, 6.07) is 0. The van der Waals surface area contributed by atoms with Gasteiger partial charge in [-0.2, -0.15) is 0 Å². The van der Waals surface area contributed by atoms with E-state index in [0.717, 1.165) is 26.1 Å². The molecule has 0 aromatic rings. The fraction of sp³-hybridized carbons (Fsp3) is 1.00. The summed E-state index contributed by atoms with van der Waals surface area (Å²) in [5.41, 5.74) is 0.00181. The molecule has 0 aliphatic heterocycles. The number of aliphatic hydroxyl groups is 1. The molecule has 0 aliphatic carbocycles. The highest BCUT2D eigenvalue weighted by molar-refractivity contribution is 4.70. The summed E-state index contributed by atoms with van der Waals surface area (Å²) in [7, 11) is 3.80. The van der Waals surface area contributed by atoms with Crippen molar-refractivity contribution in [1.82, 2.24) is 4.90 Å². The van der Waals surface area contributed by atoms with Crippen LogP contribution in [0.4, 0.5) is 0 Å². The summed E-state index contributed by atoms with van der Waals surface area (Å²) >= 11 is 0. The van der Waals surface area contributed by atoms with Gasteiger partial charge in [-0.05, 0) is 13.5 Å². The van der Waals surface area contributed by atoms with Crippen LogP contribution in [0.25, 0.3) is 0 Å². The van der Waals surface area contributed by atoms with Crippen molar-refractivity contribution in [2.75, 3.05) is 40.5 Å². The van der Waals surface area contributed by atoms with Gasteiger partial charge in [0.15, 0.2) is 0 Å². The number of hydrogen-bond acceptors (Lipinski definition) is 3. The van der Waals surface area contributed by atoms with Gasteiger partial charge in [0.2, 0.25) is 0 Å². The molecule has 0 saturated carbocycles. The molecule has 0 unspecified atom stereocenters. The monoisotopic (exact) mass is 189 g/mol. The van der Waals surface area contributed by atoms with Crippen LogP contribution in [0.3, 0.4) is 0 Å². The first-order valence-corrected chi connectivity index (χ1v) is 4.80. The fourth-order valence-corrected chi connectivity index (χ4v) is 1.34. The molecular weight excluding hydrogens is 166 g/mol. The summed E-state index contributed by atoms with van der Waals surface area (Å²) in [5, 5.41) is 9.06. The Morgan fingerprint density at radius 3 is 2.46 bits per heavy atom. The second kappa shape index (κ2) is 6.35. The highest BCUT2D eigenvalue weighted by atomic mass is 16.5. The van der Waals surface area contributed by atoms with E-state index in [0.29, 0.717) is 0 Å². The van der Waals surface area contributed by atoms with Crippen LogP contribution in [-0.2, 0) is 4.74 Å². The first kappa shape index (κ1) is 12.9. The van der Waals surface area contributed by atoms with Crippen LogP contribution in [0, 0.1) is 5.41 Å². The van der Waals surface area contributed by atoms with Gasteiger partial charge in [-0.25, -0.2) is 0 Å². The summed E-state index contributed by atoms with van der Waals surface area (Å²) < 4.78 is 4.97. The first-order valence-electron chi connectivity index (χ1n) is 4.80. The zero-order valence-electron chi connectivity index (χ0n) is 9.34. The predicted molar refractivity (Wildman–Crippen MR) is 54.9 cm³/mol. The average Bonchev–Trinajstić information content (AvgIpc) is 2.04. The normalized spacial score (nSPS) is 12.5. The fourth-order valence-electron chi connectivity index (χ4n) is 1.34. The lowest BCUT2D eigenvalue weighted by Gasteiger charge is -2.28. The lowest BCUT2D eigenvalue weighted by molar-refractivity contribution is 0.108. The minimum absolute atomic E-state index is 0.00181. The van der Waals surface area contributed by atoms with Crippen molar-refractivity contribution >= 4 is 0 Å². The number of ether oxygens (including phenoxy) is 1. The van der Waals surface area contributed by atoms with Crippen molar-refractivity contribution < 1.29 is 9.84 Å². The molecule has 0 amide bonds. The molecule has 13 heavy (non-hydrogen) atoms. The van der Waals surface area contributed by atoms with E-state index in [1.165, 1.54) is 0 Å². The highest BCUT2D eigenvalue weighted by Crippen LogP contribution is 2.14. The van der Waals surface area contributed by atoms with Crippen LogP contribution >= 0.6 is 0 Å². The quantitative estimate of drug-likeness (QED) is 0.606. The maximum Gasteiger partial charge on any atom is 0.0494 e. The molecule has 0 atom stereocenters. The molecule has 80 valence electrons. The minimum atomic E-state index is 0.00181. The van der Waals surface area contributed by atoms with Gasteiger partial charge < -0.3 is 14.7 Å². The molecule has 0 rings (SSSR count). The first-order chi connectivity index (χ1) is 6.02. The van der Waals surface area contributed by atoms with Crippen molar-refractivity contribution in [2.45, 2.75) is 20.3 Å². The van der Waals surface area contributed by atoms with Gasteiger partial charge in [0, 0.05) is 38.8 Å². The highest BCUT2D eigenvalue weighted by Gasteiger charge is 2.18. The van der Waals surface area contributed by atoms with Gasteiger partial charge in [-0.15, -0.1) is 0 Å². The minimum Gasteiger partial charge on any atom is -0.396 e. The van der Waals surface area contributed by atoms with Crippen molar-refractivity contribution in [3.8, 4) is 0 Å². The van der Waals surface area contributed by atoms with E-state index in [9.17, 15) is 0 Å². The number of methoxy groups -OCH3 is 1. The van der Waals surface area contributed by atoms with Gasteiger partial charge in [-0.3, -0.25) is 0 Å². The Morgan fingerprint density at radius 2 is 2.00 bits per heavy atom. The SMILES string of the molecule is COCCCN(C)CC(C)(C)CO. The zero-order chi connectivity index (χ0) is 10.3. The summed E-state index contributed by atoms with van der Waals surface area (Å²) in [4.78, 5) is 2.23. The summed E-state index contributed by atoms with van der Waals surface area (Å²) in [6.45, 7) is 7.13. The van der Waals surface area contributed by atoms with Crippen LogP contribution in [0.5, 0.6) is 0 Å². The van der Waals surface area contributed by atoms with Gasteiger partial charge >= 0.3 is 0 Å². The van der Waals surface area contributed by atoms with E-state index in [1.54, 1.807) is 7.11 Å². The lowest BCUT2D eigenvalue weighted by Crippen LogP contribution is -2.34. The van der Waals surface area contributed by atoms with E-state index in [4.69, 9.17) is 9.84 Å². The number of rotatable bonds is 7. The van der Waals surface area contributed by atoms with E-state index < -0.39 is 0 Å². The number of nitrogens with zero attached hydrogens (tertiary/aromatic N) is 1. The Hall–Kier alpha value is -0.120. The summed E-state index contributed by atoms with van der Waals surface area (Å²) in [6.07, 6.45) is 1.05. The number of aliphatic hydroxyl groups excluding tert-OH is 1. The van der Waals surface area contributed by atoms with E-state index >= 15 is 0 Å². The molecule has 3 nitrogen and oxygen atoms in total. The van der Waals surface area contributed by atoms with Gasteiger partial charge in [-0.1, -0.05) is 13.8 Å². The molecule has 0 saturated heterocycles. The van der Waals surface area contributed by atoms with Gasteiger partial charge in [0.25, 0.3) is 0 Å². The Kier molecular flexibility index (Phi) is 6.29. The molecule has 0 heterocycles. The van der Waals surface area contributed by atoms with Crippen LogP contribution in [-0.4, -0.2) is 50.5 Å². The van der Waals surface area contributed by atoms with Gasteiger partial charge in [0.1, 0.15) is 0 Å². The molecule has 0 spiro atoms. The van der Waals surface area contributed by atoms with Crippen molar-refractivity contribution in [2.24, 2.45) is 5.41 Å². The van der Waals surface area contributed by atoms with Crippen LogP contribution in [0.1, 0.15) is 20.3 Å². The Bertz CT molecular complexity index is 126. The third-order valence-corrected chi connectivity index (χ3v) is 2.01. The van der Waals surface area contributed by atoms with Crippen molar-refractivity contribution in [1.29, 1.82) is 0 Å². The second-order valence-electron chi connectivity index (χ2n) is 4.41. The second-order valence-corrected chi connectivity index (χ2v) is 4.41.